The van der Waals surface area contributed by atoms with Crippen LogP contribution in [-0.2, 0) is 0 Å². The Morgan fingerprint density at radius 1 is 1.10 bits per heavy atom. The van der Waals surface area contributed by atoms with Gasteiger partial charge in [0.25, 0.3) is 0 Å². The summed E-state index contributed by atoms with van der Waals surface area (Å²) >= 11 is 0. The molecule has 0 aliphatic rings. The topological polar surface area (TPSA) is 47.3 Å². The van der Waals surface area contributed by atoms with Crippen molar-refractivity contribution in [2.45, 2.75) is 25.3 Å². The first-order valence-electron chi connectivity index (χ1n) is 5.76. The third-order valence-electron chi connectivity index (χ3n) is 2.94. The number of benzene rings is 1. The lowest BCUT2D eigenvalue weighted by molar-refractivity contribution is -0.293. The Balaban J connectivity index is 3.43. The van der Waals surface area contributed by atoms with Gasteiger partial charge in [0.1, 0.15) is 5.75 Å². The Morgan fingerprint density at radius 3 is 2.00 bits per heavy atom. The van der Waals surface area contributed by atoms with Crippen molar-refractivity contribution < 1.29 is 31.1 Å². The van der Waals surface area contributed by atoms with Gasteiger partial charge in [-0.15, -0.1) is 0 Å². The molecule has 0 heterocycles. The van der Waals surface area contributed by atoms with E-state index in [9.17, 15) is 26.3 Å². The second kappa shape index (κ2) is 6.10. The average Bonchev–Trinajstić information content (AvgIpc) is 2.32. The zero-order valence-corrected chi connectivity index (χ0v) is 11.1. The number of ether oxygens (including phenoxy) is 1. The van der Waals surface area contributed by atoms with Crippen LogP contribution in [0.3, 0.4) is 0 Å². The molecule has 0 saturated carbocycles. The average molecular weight is 316 g/mol. The number of alkyl halides is 6. The summed E-state index contributed by atoms with van der Waals surface area (Å²) in [5.41, 5.74) is 1.79. The van der Waals surface area contributed by atoms with Gasteiger partial charge < -0.3 is 4.74 Å². The predicted octanol–water partition coefficient (Wildman–Crippen LogP) is 3.25. The van der Waals surface area contributed by atoms with Crippen molar-refractivity contribution in [3.8, 4) is 5.75 Å². The first kappa shape index (κ1) is 17.6. The fourth-order valence-electron chi connectivity index (χ4n) is 2.03. The van der Waals surface area contributed by atoms with Crippen molar-refractivity contribution in [2.75, 3.05) is 7.11 Å². The van der Waals surface area contributed by atoms with Crippen LogP contribution in [0.4, 0.5) is 26.3 Å². The first-order valence-corrected chi connectivity index (χ1v) is 5.76. The minimum Gasteiger partial charge on any atom is -0.496 e. The van der Waals surface area contributed by atoms with Crippen molar-refractivity contribution >= 4 is 0 Å². The molecule has 0 bridgehead atoms. The Morgan fingerprint density at radius 2 is 1.62 bits per heavy atom. The summed E-state index contributed by atoms with van der Waals surface area (Å²) in [7, 11) is 1.15. The number of nitrogens with one attached hydrogen (secondary N) is 1. The van der Waals surface area contributed by atoms with E-state index < -0.39 is 24.3 Å². The van der Waals surface area contributed by atoms with Crippen LogP contribution in [-0.4, -0.2) is 19.5 Å². The molecule has 0 aromatic heterocycles. The molecule has 1 unspecified atom stereocenters. The van der Waals surface area contributed by atoms with Gasteiger partial charge >= 0.3 is 12.4 Å². The molecule has 3 N–H and O–H groups in total. The maximum Gasteiger partial charge on any atom is 0.402 e. The van der Waals surface area contributed by atoms with E-state index in [0.29, 0.717) is 5.56 Å². The van der Waals surface area contributed by atoms with E-state index in [0.717, 1.165) is 7.11 Å². The van der Waals surface area contributed by atoms with Gasteiger partial charge in [-0.05, 0) is 13.0 Å². The maximum absolute atomic E-state index is 12.8. The molecule has 0 amide bonds. The Kier molecular flexibility index (Phi) is 5.11. The molecule has 0 fully saturated rings. The molecule has 0 aliphatic heterocycles. The number of methoxy groups -OCH3 is 1. The Labute approximate surface area is 117 Å². The molecular weight excluding hydrogens is 302 g/mol. The Bertz CT molecular complexity index is 472. The van der Waals surface area contributed by atoms with Crippen LogP contribution < -0.4 is 16.0 Å². The highest BCUT2D eigenvalue weighted by Crippen LogP contribution is 2.47. The molecule has 1 rings (SSSR count). The van der Waals surface area contributed by atoms with E-state index >= 15 is 0 Å². The van der Waals surface area contributed by atoms with Crippen LogP contribution in [0.5, 0.6) is 5.75 Å². The number of aryl methyl sites for hydroxylation is 1. The van der Waals surface area contributed by atoms with Gasteiger partial charge in [0.05, 0.1) is 13.2 Å². The van der Waals surface area contributed by atoms with E-state index in [1.807, 2.05) is 0 Å². The van der Waals surface area contributed by atoms with Gasteiger partial charge in [-0.25, -0.2) is 0 Å². The SMILES string of the molecule is COc1ccc(C)cc1C(NN)C(C(F)(F)F)C(F)(F)F. The van der Waals surface area contributed by atoms with Gasteiger partial charge in [-0.1, -0.05) is 17.7 Å². The third-order valence-corrected chi connectivity index (χ3v) is 2.94. The number of rotatable bonds is 4. The summed E-state index contributed by atoms with van der Waals surface area (Å²) in [5, 5.41) is 0. The fourth-order valence-corrected chi connectivity index (χ4v) is 2.03. The highest BCUT2D eigenvalue weighted by Gasteiger charge is 2.60. The van der Waals surface area contributed by atoms with E-state index in [4.69, 9.17) is 10.6 Å². The standard InChI is InChI=1S/C12H14F6N2O/c1-6-3-4-8(21-2)7(5-6)9(20-19)10(11(13,14)15)12(16,17)18/h3-5,9-10,20H,19H2,1-2H3. The van der Waals surface area contributed by atoms with Gasteiger partial charge in [-0.3, -0.25) is 11.3 Å². The number of hydrogen-bond acceptors (Lipinski definition) is 3. The molecule has 0 aliphatic carbocycles. The zero-order valence-electron chi connectivity index (χ0n) is 11.1. The summed E-state index contributed by atoms with van der Waals surface area (Å²) in [5.74, 6) is 1.21. The second-order valence-electron chi connectivity index (χ2n) is 4.45. The quantitative estimate of drug-likeness (QED) is 0.509. The van der Waals surface area contributed by atoms with Crippen LogP contribution in [0.25, 0.3) is 0 Å². The van der Waals surface area contributed by atoms with E-state index in [2.05, 4.69) is 0 Å². The fraction of sp³-hybridized carbons (Fsp3) is 0.500. The molecule has 1 aromatic rings. The van der Waals surface area contributed by atoms with Gasteiger partial charge in [0.2, 0.25) is 0 Å². The van der Waals surface area contributed by atoms with Crippen molar-refractivity contribution in [1.82, 2.24) is 5.43 Å². The molecule has 1 atom stereocenters. The maximum atomic E-state index is 12.8. The van der Waals surface area contributed by atoms with Crippen molar-refractivity contribution in [3.63, 3.8) is 0 Å². The summed E-state index contributed by atoms with van der Waals surface area (Å²) in [6.45, 7) is 1.53. The summed E-state index contributed by atoms with van der Waals surface area (Å²) in [6.07, 6.45) is -11.0. The van der Waals surface area contributed by atoms with Crippen LogP contribution >= 0.6 is 0 Å². The lowest BCUT2D eigenvalue weighted by atomic mass is 9.90. The summed E-state index contributed by atoms with van der Waals surface area (Å²) in [4.78, 5) is 0. The highest BCUT2D eigenvalue weighted by molar-refractivity contribution is 5.39. The number of hydrazine groups is 1. The van der Waals surface area contributed by atoms with Gasteiger partial charge in [-0.2, -0.15) is 26.3 Å². The van der Waals surface area contributed by atoms with E-state index in [1.165, 1.54) is 25.1 Å². The second-order valence-corrected chi connectivity index (χ2v) is 4.45. The number of halogens is 6. The van der Waals surface area contributed by atoms with Gasteiger partial charge in [0.15, 0.2) is 5.92 Å². The molecule has 9 heteroatoms. The van der Waals surface area contributed by atoms with Gasteiger partial charge in [0, 0.05) is 5.56 Å². The van der Waals surface area contributed by atoms with Crippen LogP contribution in [0.2, 0.25) is 0 Å². The van der Waals surface area contributed by atoms with Crippen LogP contribution in [0, 0.1) is 12.8 Å². The molecule has 120 valence electrons. The summed E-state index contributed by atoms with van der Waals surface area (Å²) in [6, 6.07) is 1.76. The highest BCUT2D eigenvalue weighted by atomic mass is 19.4. The predicted molar refractivity (Wildman–Crippen MR) is 63.4 cm³/mol. The Hall–Kier alpha value is -1.48. The third kappa shape index (κ3) is 4.01. The lowest BCUT2D eigenvalue weighted by Crippen LogP contribution is -2.47. The molecule has 1 aromatic carbocycles. The summed E-state index contributed by atoms with van der Waals surface area (Å²) < 4.78 is 81.7. The molecule has 0 spiro atoms. The van der Waals surface area contributed by atoms with E-state index in [-0.39, 0.29) is 11.3 Å². The molecular formula is C12H14F6N2O. The largest absolute Gasteiger partial charge is 0.496 e. The van der Waals surface area contributed by atoms with Crippen LogP contribution in [0.1, 0.15) is 17.2 Å². The molecule has 21 heavy (non-hydrogen) atoms. The number of hydrogen-bond donors (Lipinski definition) is 2. The zero-order chi connectivity index (χ0) is 16.4. The first-order chi connectivity index (χ1) is 9.52. The lowest BCUT2D eigenvalue weighted by Gasteiger charge is -2.31. The van der Waals surface area contributed by atoms with Crippen molar-refractivity contribution in [3.05, 3.63) is 29.3 Å². The minimum atomic E-state index is -5.51. The van der Waals surface area contributed by atoms with Crippen molar-refractivity contribution in [2.24, 2.45) is 11.8 Å². The molecule has 0 saturated heterocycles. The smallest absolute Gasteiger partial charge is 0.402 e. The van der Waals surface area contributed by atoms with Crippen molar-refractivity contribution in [1.29, 1.82) is 0 Å². The monoisotopic (exact) mass is 316 g/mol. The van der Waals surface area contributed by atoms with Crippen LogP contribution in [0.15, 0.2) is 18.2 Å². The molecule has 0 radical (unpaired) electrons. The normalized spacial score (nSPS) is 14.4. The minimum absolute atomic E-state index is 0.109. The number of nitrogens with two attached hydrogens (primary N) is 1. The molecule has 3 nitrogen and oxygen atoms in total. The van der Waals surface area contributed by atoms with E-state index in [1.54, 1.807) is 5.43 Å².